The molecule has 2 aromatic heterocycles. The van der Waals surface area contributed by atoms with Gasteiger partial charge in [0, 0.05) is 35.2 Å². The zero-order valence-electron chi connectivity index (χ0n) is 23.8. The molecule has 0 radical (unpaired) electrons. The molecule has 4 aromatic rings. The van der Waals surface area contributed by atoms with Crippen LogP contribution in [0.3, 0.4) is 0 Å². The average molecular weight is 630 g/mol. The molecule has 1 aliphatic carbocycles. The predicted octanol–water partition coefficient (Wildman–Crippen LogP) is 5.44. The number of ketones is 1. The Morgan fingerprint density at radius 1 is 1.07 bits per heavy atom. The number of benzene rings is 2. The number of hydrogen-bond donors (Lipinski definition) is 2. The molecule has 1 atom stereocenters. The number of aromatic nitrogens is 3. The third kappa shape index (κ3) is 6.30. The van der Waals surface area contributed by atoms with Gasteiger partial charge in [0.15, 0.2) is 11.5 Å². The Kier molecular flexibility index (Phi) is 8.02. The van der Waals surface area contributed by atoms with Gasteiger partial charge in [-0.1, -0.05) is 26.0 Å². The lowest BCUT2D eigenvalue weighted by Crippen LogP contribution is -2.34. The van der Waals surface area contributed by atoms with E-state index in [4.69, 9.17) is 5.73 Å². The summed E-state index contributed by atoms with van der Waals surface area (Å²) in [4.78, 5) is 42.3. The van der Waals surface area contributed by atoms with Crippen LogP contribution in [0.5, 0.6) is 0 Å². The fourth-order valence-electron chi connectivity index (χ4n) is 5.65. The molecule has 0 saturated carbocycles. The molecule has 234 valence electrons. The van der Waals surface area contributed by atoms with Crippen LogP contribution in [0.4, 0.5) is 26.3 Å². The van der Waals surface area contributed by atoms with E-state index >= 15 is 0 Å². The van der Waals surface area contributed by atoms with Crippen molar-refractivity contribution in [2.45, 2.75) is 50.9 Å². The van der Waals surface area contributed by atoms with Crippen LogP contribution in [0.25, 0.3) is 11.1 Å². The van der Waals surface area contributed by atoms with Gasteiger partial charge in [0.25, 0.3) is 5.91 Å². The summed E-state index contributed by atoms with van der Waals surface area (Å²) < 4.78 is 84.9. The number of amides is 2. The first-order valence-electron chi connectivity index (χ1n) is 13.6. The van der Waals surface area contributed by atoms with E-state index in [1.807, 2.05) is 0 Å². The smallest absolute Gasteiger partial charge is 0.366 e. The topological polar surface area (TPSA) is 120 Å². The molecule has 2 amide bonds. The number of halogens is 6. The minimum atomic E-state index is -4.89. The van der Waals surface area contributed by atoms with E-state index < -0.39 is 70.5 Å². The predicted molar refractivity (Wildman–Crippen MR) is 148 cm³/mol. The molecule has 0 unspecified atom stereocenters. The fraction of sp³-hybridized carbons (Fsp3) is 0.258. The van der Waals surface area contributed by atoms with Gasteiger partial charge in [-0.15, -0.1) is 0 Å². The Hall–Kier alpha value is -5.01. The first-order chi connectivity index (χ1) is 21.0. The summed E-state index contributed by atoms with van der Waals surface area (Å²) in [5.74, 6) is -5.20. The Morgan fingerprint density at radius 3 is 2.40 bits per heavy atom. The SMILES string of the molecule is CC1(C)CC(=O)c2c1c(C(F)(F)F)nn2CC(=O)N[C@@H](Cc1cc(F)cc(F)c1)c1ncccc1-c1ccc(F)c(C(N)=O)c1. The van der Waals surface area contributed by atoms with Crippen LogP contribution in [0.1, 0.15) is 69.7 Å². The lowest BCUT2D eigenvalue weighted by atomic mass is 9.86. The van der Waals surface area contributed by atoms with Crippen LogP contribution in [-0.4, -0.2) is 32.4 Å². The highest BCUT2D eigenvalue weighted by molar-refractivity contribution is 6.01. The van der Waals surface area contributed by atoms with Gasteiger partial charge in [-0.25, -0.2) is 13.2 Å². The van der Waals surface area contributed by atoms with Crippen molar-refractivity contribution in [3.05, 3.63) is 106 Å². The lowest BCUT2D eigenvalue weighted by molar-refractivity contribution is -0.142. The molecular weight excluding hydrogens is 604 g/mol. The van der Waals surface area contributed by atoms with Crippen molar-refractivity contribution >= 4 is 17.6 Å². The van der Waals surface area contributed by atoms with Crippen LogP contribution in [0.2, 0.25) is 0 Å². The number of nitrogens with one attached hydrogen (secondary N) is 1. The number of primary amides is 1. The van der Waals surface area contributed by atoms with Crippen LogP contribution in [-0.2, 0) is 29.4 Å². The summed E-state index contributed by atoms with van der Waals surface area (Å²) in [5.41, 5.74) is 2.60. The second kappa shape index (κ2) is 11.5. The number of fused-ring (bicyclic) bond motifs is 1. The molecule has 14 heteroatoms. The van der Waals surface area contributed by atoms with Crippen molar-refractivity contribution in [1.82, 2.24) is 20.1 Å². The van der Waals surface area contributed by atoms with Gasteiger partial charge in [0.05, 0.1) is 17.3 Å². The standard InChI is InChI=1S/C31H25F6N5O3/c1-30(2)13-23(43)27-25(30)28(31(35,36)37)41-42(27)14-24(44)40-22(10-15-8-17(32)12-18(33)9-15)26-19(4-3-7-39-26)16-5-6-21(34)20(11-16)29(38)45/h3-9,11-12,22H,10,13-14H2,1-2H3,(H2,38,45)(H,40,44)/t22-/m0/s1. The Morgan fingerprint density at radius 2 is 1.76 bits per heavy atom. The van der Waals surface area contributed by atoms with Gasteiger partial charge >= 0.3 is 6.18 Å². The maximum Gasteiger partial charge on any atom is 0.435 e. The molecule has 2 aromatic carbocycles. The second-order valence-corrected chi connectivity index (χ2v) is 11.3. The van der Waals surface area contributed by atoms with E-state index in [0.717, 1.165) is 18.2 Å². The van der Waals surface area contributed by atoms with Gasteiger partial charge < -0.3 is 11.1 Å². The van der Waals surface area contributed by atoms with Crippen molar-refractivity contribution in [2.75, 3.05) is 0 Å². The van der Waals surface area contributed by atoms with Crippen molar-refractivity contribution in [2.24, 2.45) is 5.73 Å². The normalized spacial score (nSPS) is 14.7. The number of carbonyl (C=O) groups is 3. The molecule has 3 N–H and O–H groups in total. The van der Waals surface area contributed by atoms with Gasteiger partial charge in [-0.05, 0) is 47.9 Å². The summed E-state index contributed by atoms with van der Waals surface area (Å²) in [5, 5.41) is 6.23. The van der Waals surface area contributed by atoms with Crippen LogP contribution in [0.15, 0.2) is 54.7 Å². The fourth-order valence-corrected chi connectivity index (χ4v) is 5.65. The quantitative estimate of drug-likeness (QED) is 0.252. The number of nitrogens with zero attached hydrogens (tertiary/aromatic N) is 3. The number of pyridine rings is 1. The first-order valence-corrected chi connectivity index (χ1v) is 13.6. The largest absolute Gasteiger partial charge is 0.435 e. The Balaban J connectivity index is 1.56. The van der Waals surface area contributed by atoms with Crippen molar-refractivity contribution in [3.63, 3.8) is 0 Å². The highest BCUT2D eigenvalue weighted by Crippen LogP contribution is 2.45. The second-order valence-electron chi connectivity index (χ2n) is 11.3. The van der Waals surface area contributed by atoms with E-state index in [0.29, 0.717) is 16.3 Å². The van der Waals surface area contributed by atoms with Gasteiger partial charge in [-0.2, -0.15) is 18.3 Å². The molecule has 0 saturated heterocycles. The lowest BCUT2D eigenvalue weighted by Gasteiger charge is -2.22. The summed E-state index contributed by atoms with van der Waals surface area (Å²) in [6, 6.07) is 8.15. The van der Waals surface area contributed by atoms with Crippen molar-refractivity contribution in [3.8, 4) is 11.1 Å². The van der Waals surface area contributed by atoms with E-state index in [9.17, 15) is 40.7 Å². The highest BCUT2D eigenvalue weighted by Gasteiger charge is 2.49. The third-order valence-electron chi connectivity index (χ3n) is 7.47. The number of nitrogens with two attached hydrogens (primary N) is 1. The zero-order valence-corrected chi connectivity index (χ0v) is 23.8. The summed E-state index contributed by atoms with van der Waals surface area (Å²) in [6.45, 7) is 2.17. The molecule has 0 fully saturated rings. The minimum absolute atomic E-state index is 0.0996. The van der Waals surface area contributed by atoms with Crippen molar-refractivity contribution < 1.29 is 40.7 Å². The molecule has 0 spiro atoms. The van der Waals surface area contributed by atoms with E-state index in [-0.39, 0.29) is 40.9 Å². The number of alkyl halides is 3. The number of carbonyl (C=O) groups excluding carboxylic acids is 3. The number of rotatable bonds is 8. The Bertz CT molecular complexity index is 1830. The molecule has 5 rings (SSSR count). The minimum Gasteiger partial charge on any atom is -0.366 e. The number of hydrogen-bond acceptors (Lipinski definition) is 5. The van der Waals surface area contributed by atoms with Gasteiger partial charge in [0.1, 0.15) is 29.7 Å². The Labute approximate surface area is 252 Å². The van der Waals surface area contributed by atoms with E-state index in [2.05, 4.69) is 15.4 Å². The van der Waals surface area contributed by atoms with E-state index in [1.54, 1.807) is 6.07 Å². The average Bonchev–Trinajstić information content (AvgIpc) is 3.43. The molecule has 2 heterocycles. The highest BCUT2D eigenvalue weighted by atomic mass is 19.4. The van der Waals surface area contributed by atoms with Crippen molar-refractivity contribution in [1.29, 1.82) is 0 Å². The van der Waals surface area contributed by atoms with Gasteiger partial charge in [-0.3, -0.25) is 24.0 Å². The summed E-state index contributed by atoms with van der Waals surface area (Å²) in [6.07, 6.45) is -3.98. The van der Waals surface area contributed by atoms with Crippen LogP contribution in [0, 0.1) is 17.5 Å². The monoisotopic (exact) mass is 629 g/mol. The molecule has 0 aliphatic heterocycles. The number of Topliss-reactive ketones (excluding diaryl/α,β-unsaturated/α-hetero) is 1. The van der Waals surface area contributed by atoms with Gasteiger partial charge in [0.2, 0.25) is 5.91 Å². The zero-order chi connectivity index (χ0) is 32.8. The summed E-state index contributed by atoms with van der Waals surface area (Å²) >= 11 is 0. The maximum atomic E-state index is 14.2. The van der Waals surface area contributed by atoms with E-state index in [1.165, 1.54) is 38.2 Å². The maximum absolute atomic E-state index is 14.2. The molecular formula is C31H25F6N5O3. The molecule has 1 aliphatic rings. The van der Waals surface area contributed by atoms with Crippen LogP contribution >= 0.6 is 0 Å². The third-order valence-corrected chi connectivity index (χ3v) is 7.47. The molecule has 45 heavy (non-hydrogen) atoms. The molecule has 0 bridgehead atoms. The molecule has 8 nitrogen and oxygen atoms in total. The first kappa shape index (κ1) is 31.4. The van der Waals surface area contributed by atoms with Crippen LogP contribution < -0.4 is 11.1 Å². The summed E-state index contributed by atoms with van der Waals surface area (Å²) in [7, 11) is 0.